The molecule has 0 aliphatic rings. The van der Waals surface area contributed by atoms with Crippen molar-refractivity contribution in [1.82, 2.24) is 0 Å². The highest BCUT2D eigenvalue weighted by atomic mass is 35.5. The standard InChI is InChI=1S/C16H16ClFN2O/c17-12-8-13(18)10-14(9-12)20-16(21)7-6-15(19)11-4-2-1-3-5-11/h1-5,8-10,15H,6-7,19H2,(H,20,21). The molecule has 1 unspecified atom stereocenters. The van der Waals surface area contributed by atoms with Crippen molar-refractivity contribution in [2.45, 2.75) is 18.9 Å². The molecule has 0 radical (unpaired) electrons. The monoisotopic (exact) mass is 306 g/mol. The van der Waals surface area contributed by atoms with Gasteiger partial charge in [-0.05, 0) is 30.2 Å². The summed E-state index contributed by atoms with van der Waals surface area (Å²) in [6.45, 7) is 0. The molecule has 3 nitrogen and oxygen atoms in total. The summed E-state index contributed by atoms with van der Waals surface area (Å²) in [5.41, 5.74) is 7.35. The molecule has 0 bridgehead atoms. The van der Waals surface area contributed by atoms with Crippen LogP contribution in [0.25, 0.3) is 0 Å². The number of carbonyl (C=O) groups is 1. The van der Waals surface area contributed by atoms with Gasteiger partial charge in [-0.15, -0.1) is 0 Å². The zero-order chi connectivity index (χ0) is 15.2. The maximum atomic E-state index is 13.2. The normalized spacial score (nSPS) is 12.0. The van der Waals surface area contributed by atoms with E-state index in [0.717, 1.165) is 5.56 Å². The highest BCUT2D eigenvalue weighted by Crippen LogP contribution is 2.19. The van der Waals surface area contributed by atoms with Gasteiger partial charge in [0.05, 0.1) is 0 Å². The number of hydrogen-bond donors (Lipinski definition) is 2. The molecule has 0 aliphatic carbocycles. The molecule has 0 fully saturated rings. The highest BCUT2D eigenvalue weighted by Gasteiger charge is 2.10. The van der Waals surface area contributed by atoms with E-state index >= 15 is 0 Å². The van der Waals surface area contributed by atoms with Gasteiger partial charge in [0.1, 0.15) is 5.82 Å². The highest BCUT2D eigenvalue weighted by molar-refractivity contribution is 6.30. The van der Waals surface area contributed by atoms with Gasteiger partial charge in [0.25, 0.3) is 0 Å². The molecule has 2 aromatic rings. The third-order valence-electron chi connectivity index (χ3n) is 3.06. The van der Waals surface area contributed by atoms with Gasteiger partial charge in [-0.3, -0.25) is 4.79 Å². The number of halogens is 2. The van der Waals surface area contributed by atoms with Gasteiger partial charge in [0, 0.05) is 23.2 Å². The van der Waals surface area contributed by atoms with Gasteiger partial charge in [-0.1, -0.05) is 41.9 Å². The van der Waals surface area contributed by atoms with Crippen molar-refractivity contribution in [2.24, 2.45) is 5.73 Å². The first-order valence-electron chi connectivity index (χ1n) is 6.61. The minimum absolute atomic E-state index is 0.201. The van der Waals surface area contributed by atoms with Crippen LogP contribution in [0.3, 0.4) is 0 Å². The van der Waals surface area contributed by atoms with Crippen molar-refractivity contribution in [3.8, 4) is 0 Å². The van der Waals surface area contributed by atoms with Gasteiger partial charge >= 0.3 is 0 Å². The molecule has 3 N–H and O–H groups in total. The molecule has 1 atom stereocenters. The lowest BCUT2D eigenvalue weighted by Crippen LogP contribution is -2.16. The van der Waals surface area contributed by atoms with Crippen LogP contribution < -0.4 is 11.1 Å². The predicted octanol–water partition coefficient (Wildman–Crippen LogP) is 3.90. The Morgan fingerprint density at radius 1 is 1.24 bits per heavy atom. The third kappa shape index (κ3) is 4.85. The fourth-order valence-corrected chi connectivity index (χ4v) is 2.22. The van der Waals surface area contributed by atoms with E-state index in [9.17, 15) is 9.18 Å². The Hall–Kier alpha value is -1.91. The number of carbonyl (C=O) groups excluding carboxylic acids is 1. The van der Waals surface area contributed by atoms with Crippen LogP contribution in [-0.4, -0.2) is 5.91 Å². The summed E-state index contributed by atoms with van der Waals surface area (Å²) in [5.74, 6) is -0.707. The first-order valence-corrected chi connectivity index (χ1v) is 6.99. The summed E-state index contributed by atoms with van der Waals surface area (Å²) in [6.07, 6.45) is 0.767. The van der Waals surface area contributed by atoms with Crippen LogP contribution in [0.1, 0.15) is 24.4 Å². The Morgan fingerprint density at radius 2 is 1.95 bits per heavy atom. The van der Waals surface area contributed by atoms with Crippen molar-refractivity contribution in [3.63, 3.8) is 0 Å². The number of nitrogens with one attached hydrogen (secondary N) is 1. The van der Waals surface area contributed by atoms with Gasteiger partial charge in [-0.2, -0.15) is 0 Å². The largest absolute Gasteiger partial charge is 0.326 e. The molecular formula is C16H16ClFN2O. The topological polar surface area (TPSA) is 55.1 Å². The second kappa shape index (κ2) is 7.20. The average Bonchev–Trinajstić information content (AvgIpc) is 2.44. The van der Waals surface area contributed by atoms with Gasteiger partial charge in [0.2, 0.25) is 5.91 Å². The predicted molar refractivity (Wildman–Crippen MR) is 82.6 cm³/mol. The number of hydrogen-bond acceptors (Lipinski definition) is 2. The van der Waals surface area contributed by atoms with E-state index in [1.807, 2.05) is 30.3 Å². The molecule has 0 spiro atoms. The molecule has 0 heterocycles. The fourth-order valence-electron chi connectivity index (χ4n) is 2.00. The molecule has 0 aromatic heterocycles. The SMILES string of the molecule is NC(CCC(=O)Nc1cc(F)cc(Cl)c1)c1ccccc1. The second-order valence-electron chi connectivity index (χ2n) is 4.76. The van der Waals surface area contributed by atoms with Crippen LogP contribution in [0.4, 0.5) is 10.1 Å². The molecular weight excluding hydrogens is 291 g/mol. The number of amides is 1. The Bertz CT molecular complexity index is 599. The van der Waals surface area contributed by atoms with Crippen LogP contribution in [0.15, 0.2) is 48.5 Å². The number of nitrogens with two attached hydrogens (primary N) is 1. The van der Waals surface area contributed by atoms with Gasteiger partial charge in [0.15, 0.2) is 0 Å². The number of rotatable bonds is 5. The van der Waals surface area contributed by atoms with Crippen LogP contribution in [0.2, 0.25) is 5.02 Å². The lowest BCUT2D eigenvalue weighted by Gasteiger charge is -2.12. The number of benzene rings is 2. The average molecular weight is 307 g/mol. The molecule has 0 saturated carbocycles. The van der Waals surface area contributed by atoms with Crippen molar-refractivity contribution in [3.05, 3.63) is 64.9 Å². The molecule has 2 rings (SSSR count). The lowest BCUT2D eigenvalue weighted by atomic mass is 10.0. The summed E-state index contributed by atoms with van der Waals surface area (Å²) in [4.78, 5) is 11.8. The van der Waals surface area contributed by atoms with Crippen LogP contribution in [0.5, 0.6) is 0 Å². The summed E-state index contributed by atoms with van der Waals surface area (Å²) >= 11 is 5.73. The molecule has 110 valence electrons. The summed E-state index contributed by atoms with van der Waals surface area (Å²) in [6, 6.07) is 13.3. The first-order chi connectivity index (χ1) is 10.0. The lowest BCUT2D eigenvalue weighted by molar-refractivity contribution is -0.116. The zero-order valence-electron chi connectivity index (χ0n) is 11.4. The van der Waals surface area contributed by atoms with E-state index in [1.165, 1.54) is 18.2 Å². The van der Waals surface area contributed by atoms with E-state index in [1.54, 1.807) is 0 Å². The molecule has 5 heteroatoms. The number of anilines is 1. The Kier molecular flexibility index (Phi) is 5.31. The summed E-state index contributed by atoms with van der Waals surface area (Å²) in [7, 11) is 0. The van der Waals surface area contributed by atoms with E-state index < -0.39 is 5.82 Å². The van der Waals surface area contributed by atoms with Crippen molar-refractivity contribution in [1.29, 1.82) is 0 Å². The van der Waals surface area contributed by atoms with Crippen LogP contribution in [-0.2, 0) is 4.79 Å². The minimum Gasteiger partial charge on any atom is -0.326 e. The smallest absolute Gasteiger partial charge is 0.224 e. The molecule has 0 saturated heterocycles. The van der Waals surface area contributed by atoms with Gasteiger partial charge in [-0.25, -0.2) is 4.39 Å². The van der Waals surface area contributed by atoms with Crippen molar-refractivity contribution >= 4 is 23.2 Å². The van der Waals surface area contributed by atoms with E-state index in [4.69, 9.17) is 17.3 Å². The zero-order valence-corrected chi connectivity index (χ0v) is 12.1. The Labute approximate surface area is 127 Å². The summed E-state index contributed by atoms with van der Waals surface area (Å²) in [5, 5.41) is 2.85. The van der Waals surface area contributed by atoms with Gasteiger partial charge < -0.3 is 11.1 Å². The first kappa shape index (κ1) is 15.5. The third-order valence-corrected chi connectivity index (χ3v) is 3.27. The fraction of sp³-hybridized carbons (Fsp3) is 0.188. The van der Waals surface area contributed by atoms with E-state index in [2.05, 4.69) is 5.32 Å². The second-order valence-corrected chi connectivity index (χ2v) is 5.20. The quantitative estimate of drug-likeness (QED) is 0.880. The summed E-state index contributed by atoms with van der Waals surface area (Å²) < 4.78 is 13.2. The molecule has 21 heavy (non-hydrogen) atoms. The molecule has 0 aliphatic heterocycles. The van der Waals surface area contributed by atoms with Crippen molar-refractivity contribution in [2.75, 3.05) is 5.32 Å². The molecule has 2 aromatic carbocycles. The molecule has 1 amide bonds. The van der Waals surface area contributed by atoms with E-state index in [0.29, 0.717) is 12.1 Å². The Morgan fingerprint density at radius 3 is 2.62 bits per heavy atom. The minimum atomic E-state index is -0.487. The van der Waals surface area contributed by atoms with Crippen molar-refractivity contribution < 1.29 is 9.18 Å². The maximum absolute atomic E-state index is 13.2. The van der Waals surface area contributed by atoms with E-state index in [-0.39, 0.29) is 23.4 Å². The van der Waals surface area contributed by atoms with Crippen LogP contribution in [0, 0.1) is 5.82 Å². The van der Waals surface area contributed by atoms with Crippen LogP contribution >= 0.6 is 11.6 Å². The Balaban J connectivity index is 1.87. The maximum Gasteiger partial charge on any atom is 0.224 e.